The molecule has 0 aromatic heterocycles. The van der Waals surface area contributed by atoms with Gasteiger partial charge in [-0.3, -0.25) is 4.79 Å². The van der Waals surface area contributed by atoms with Gasteiger partial charge in [0.05, 0.1) is 12.5 Å². The van der Waals surface area contributed by atoms with Gasteiger partial charge in [-0.05, 0) is 67.4 Å². The van der Waals surface area contributed by atoms with Crippen LogP contribution in [0.1, 0.15) is 52.4 Å². The van der Waals surface area contributed by atoms with E-state index < -0.39 is 0 Å². The number of hydrogen-bond donors (Lipinski definition) is 0. The molecular weight excluding hydrogens is 328 g/mol. The van der Waals surface area contributed by atoms with Crippen LogP contribution < -0.4 is 0 Å². The highest BCUT2D eigenvalue weighted by molar-refractivity contribution is 8.02. The van der Waals surface area contributed by atoms with Crippen molar-refractivity contribution in [2.45, 2.75) is 57.3 Å². The van der Waals surface area contributed by atoms with Crippen LogP contribution in [0.25, 0.3) is 0 Å². The topological polar surface area (TPSA) is 26.3 Å². The third kappa shape index (κ3) is 3.53. The van der Waals surface area contributed by atoms with Crippen LogP contribution in [0.2, 0.25) is 0 Å². The monoisotopic (exact) mass is 358 g/mol. The lowest BCUT2D eigenvalue weighted by atomic mass is 9.48. The van der Waals surface area contributed by atoms with Gasteiger partial charge in [-0.15, -0.1) is 0 Å². The van der Waals surface area contributed by atoms with Crippen LogP contribution in [0.4, 0.5) is 0 Å². The van der Waals surface area contributed by atoms with Crippen LogP contribution in [-0.4, -0.2) is 13.1 Å². The molecule has 1 aromatic rings. The molecule has 1 unspecified atom stereocenters. The Bertz CT molecular complexity index is 626. The minimum atomic E-state index is -0.319. The van der Waals surface area contributed by atoms with Crippen molar-refractivity contribution in [2.24, 2.45) is 22.7 Å². The van der Waals surface area contributed by atoms with Gasteiger partial charge in [-0.2, -0.15) is 0 Å². The number of allylic oxidation sites excluding steroid dienone is 1. The second-order valence-electron chi connectivity index (χ2n) is 8.12. The molecule has 3 heteroatoms. The summed E-state index contributed by atoms with van der Waals surface area (Å²) < 4.78 is 5.20. The van der Waals surface area contributed by atoms with E-state index >= 15 is 0 Å². The quantitative estimate of drug-likeness (QED) is 0.482. The van der Waals surface area contributed by atoms with Crippen LogP contribution in [0, 0.1) is 22.7 Å². The molecule has 2 aliphatic carbocycles. The Morgan fingerprint density at radius 3 is 2.64 bits per heavy atom. The van der Waals surface area contributed by atoms with E-state index in [4.69, 9.17) is 4.74 Å². The lowest BCUT2D eigenvalue weighted by molar-refractivity contribution is -0.168. The van der Waals surface area contributed by atoms with Crippen LogP contribution >= 0.6 is 11.8 Å². The molecule has 0 aliphatic heterocycles. The summed E-state index contributed by atoms with van der Waals surface area (Å²) in [5.74, 6) is 0.963. The zero-order valence-electron chi connectivity index (χ0n) is 15.7. The molecule has 0 amide bonds. The number of carbonyl (C=O) groups is 1. The smallest absolute Gasteiger partial charge is 0.311 e. The van der Waals surface area contributed by atoms with Crippen molar-refractivity contribution in [1.29, 1.82) is 0 Å². The second-order valence-corrected chi connectivity index (χ2v) is 9.10. The third-order valence-electron chi connectivity index (χ3n) is 6.74. The first-order valence-corrected chi connectivity index (χ1v) is 10.4. The Balaban J connectivity index is 1.78. The lowest BCUT2D eigenvalue weighted by Gasteiger charge is -2.56. The molecule has 2 aliphatic rings. The van der Waals surface area contributed by atoms with Gasteiger partial charge in [0.25, 0.3) is 0 Å². The van der Waals surface area contributed by atoms with Gasteiger partial charge in [0.2, 0.25) is 0 Å². The van der Waals surface area contributed by atoms with Crippen molar-refractivity contribution in [2.75, 3.05) is 7.11 Å². The molecule has 0 bridgehead atoms. The fourth-order valence-corrected chi connectivity index (χ4v) is 6.12. The highest BCUT2D eigenvalue weighted by atomic mass is 32.2. The average molecular weight is 359 g/mol. The first-order valence-electron chi connectivity index (χ1n) is 9.47. The molecule has 3 rings (SSSR count). The summed E-state index contributed by atoms with van der Waals surface area (Å²) in [6.07, 6.45) is 9.30. The van der Waals surface area contributed by atoms with E-state index in [1.54, 1.807) is 11.8 Å². The molecule has 0 radical (unpaired) electrons. The van der Waals surface area contributed by atoms with E-state index in [1.165, 1.54) is 31.3 Å². The van der Waals surface area contributed by atoms with E-state index in [9.17, 15) is 4.79 Å². The molecule has 4 atom stereocenters. The number of thioether (sulfide) groups is 1. The lowest BCUT2D eigenvalue weighted by Crippen LogP contribution is -2.52. The maximum Gasteiger partial charge on any atom is 0.311 e. The van der Waals surface area contributed by atoms with E-state index in [0.717, 1.165) is 19.3 Å². The molecule has 0 saturated heterocycles. The summed E-state index contributed by atoms with van der Waals surface area (Å²) in [6, 6.07) is 10.5. The first-order chi connectivity index (χ1) is 12.0. The number of hydrogen-bond acceptors (Lipinski definition) is 3. The number of carbonyl (C=O) groups excluding carboxylic acids is 1. The SMILES string of the molecule is COC(=O)[C@]1(C)CCC[C@@]2(C)C(/C=C/Sc3ccccc3)CCC[C@H]12. The summed E-state index contributed by atoms with van der Waals surface area (Å²) in [5.41, 5.74) is -0.117. The minimum absolute atomic E-state index is 0.00767. The second kappa shape index (κ2) is 7.57. The molecular formula is C22H30O2S. The molecule has 0 heterocycles. The number of rotatable bonds is 4. The molecule has 2 saturated carbocycles. The summed E-state index contributed by atoms with van der Waals surface area (Å²) in [4.78, 5) is 13.8. The van der Waals surface area contributed by atoms with Crippen LogP contribution in [0.3, 0.4) is 0 Å². The number of methoxy groups -OCH3 is 1. The third-order valence-corrected chi connectivity index (χ3v) is 7.58. The Kier molecular flexibility index (Phi) is 5.62. The fraction of sp³-hybridized carbons (Fsp3) is 0.591. The van der Waals surface area contributed by atoms with Crippen LogP contribution in [-0.2, 0) is 9.53 Å². The molecule has 0 N–H and O–H groups in total. The van der Waals surface area contributed by atoms with Crippen molar-refractivity contribution >= 4 is 17.7 Å². The zero-order chi connectivity index (χ0) is 17.9. The molecule has 2 fully saturated rings. The van der Waals surface area contributed by atoms with Gasteiger partial charge in [-0.25, -0.2) is 0 Å². The predicted molar refractivity (Wildman–Crippen MR) is 104 cm³/mol. The van der Waals surface area contributed by atoms with Crippen LogP contribution in [0.15, 0.2) is 46.7 Å². The normalized spacial score (nSPS) is 35.3. The van der Waals surface area contributed by atoms with E-state index in [-0.39, 0.29) is 16.8 Å². The standard InChI is InChI=1S/C22H30O2S/c1-21-14-8-15-22(2,20(23)24-3)19(21)12-7-9-17(21)13-16-25-18-10-5-4-6-11-18/h4-6,10-11,13,16-17,19H,7-9,12,14-15H2,1-3H3/b16-13+/t17?,19-,21-,22+/m0/s1. The van der Waals surface area contributed by atoms with E-state index in [2.05, 4.69) is 55.7 Å². The summed E-state index contributed by atoms with van der Waals surface area (Å²) in [5, 5.41) is 2.26. The number of ether oxygens (including phenoxy) is 1. The van der Waals surface area contributed by atoms with Gasteiger partial charge in [0, 0.05) is 4.90 Å². The van der Waals surface area contributed by atoms with Crippen molar-refractivity contribution < 1.29 is 9.53 Å². The summed E-state index contributed by atoms with van der Waals surface area (Å²) >= 11 is 1.79. The molecule has 25 heavy (non-hydrogen) atoms. The number of esters is 1. The number of fused-ring (bicyclic) bond motifs is 1. The Morgan fingerprint density at radius 1 is 1.16 bits per heavy atom. The van der Waals surface area contributed by atoms with Crippen molar-refractivity contribution in [1.82, 2.24) is 0 Å². The van der Waals surface area contributed by atoms with Crippen molar-refractivity contribution in [3.05, 3.63) is 41.8 Å². The largest absolute Gasteiger partial charge is 0.469 e. The highest BCUT2D eigenvalue weighted by Gasteiger charge is 2.56. The predicted octanol–water partition coefficient (Wildman–Crippen LogP) is 6.08. The fourth-order valence-electron chi connectivity index (χ4n) is 5.38. The Morgan fingerprint density at radius 2 is 1.92 bits per heavy atom. The summed E-state index contributed by atoms with van der Waals surface area (Å²) in [7, 11) is 1.54. The minimum Gasteiger partial charge on any atom is -0.469 e. The van der Waals surface area contributed by atoms with Gasteiger partial charge < -0.3 is 4.74 Å². The highest BCUT2D eigenvalue weighted by Crippen LogP contribution is 2.60. The zero-order valence-corrected chi connectivity index (χ0v) is 16.5. The van der Waals surface area contributed by atoms with Gasteiger partial charge >= 0.3 is 5.97 Å². The van der Waals surface area contributed by atoms with E-state index in [0.29, 0.717) is 11.8 Å². The van der Waals surface area contributed by atoms with Crippen LogP contribution in [0.5, 0.6) is 0 Å². The van der Waals surface area contributed by atoms with Gasteiger partial charge in [0.15, 0.2) is 0 Å². The maximum absolute atomic E-state index is 12.5. The number of benzene rings is 1. The maximum atomic E-state index is 12.5. The van der Waals surface area contributed by atoms with Crippen molar-refractivity contribution in [3.63, 3.8) is 0 Å². The Hall–Kier alpha value is -1.22. The van der Waals surface area contributed by atoms with Crippen molar-refractivity contribution in [3.8, 4) is 0 Å². The average Bonchev–Trinajstić information content (AvgIpc) is 2.62. The molecule has 0 spiro atoms. The summed E-state index contributed by atoms with van der Waals surface area (Å²) in [6.45, 7) is 4.56. The molecule has 2 nitrogen and oxygen atoms in total. The molecule has 1 aromatic carbocycles. The van der Waals surface area contributed by atoms with Gasteiger partial charge in [0.1, 0.15) is 0 Å². The Labute approximate surface area is 156 Å². The molecule has 136 valence electrons. The van der Waals surface area contributed by atoms with Gasteiger partial charge in [-0.1, -0.05) is 55.8 Å². The van der Waals surface area contributed by atoms with E-state index in [1.807, 2.05) is 0 Å². The first kappa shape index (κ1) is 18.6.